The molecular weight excluding hydrogens is 1610 g/mol. The van der Waals surface area contributed by atoms with Crippen LogP contribution in [0.3, 0.4) is 0 Å². The number of fused-ring (bicyclic) bond motifs is 30. The number of hydrogen-bond donors (Lipinski definition) is 0. The Labute approximate surface area is 775 Å². The Morgan fingerprint density at radius 1 is 0.273 bits per heavy atom. The largest absolute Gasteiger partial charge is 0.455 e. The third-order valence-electron chi connectivity index (χ3n) is 30.7. The molecule has 0 amide bonds. The fourth-order valence-corrected chi connectivity index (χ4v) is 25.3. The lowest BCUT2D eigenvalue weighted by Crippen LogP contribution is -2.31. The molecule has 8 heteroatoms. The zero-order valence-electron chi connectivity index (χ0n) is 80.2. The minimum absolute atomic E-state index is 0.0133. The molecule has 0 aliphatic heterocycles. The molecule has 0 unspecified atom stereocenters. The summed E-state index contributed by atoms with van der Waals surface area (Å²) in [4.78, 5) is 0. The zero-order valence-corrected chi connectivity index (χ0v) is 80.2. The molecular formula is C124H118N4O4+4. The fourth-order valence-electron chi connectivity index (χ4n) is 25.3. The maximum Gasteiger partial charge on any atom is 0.216 e. The minimum Gasteiger partial charge on any atom is -0.455 e. The first kappa shape index (κ1) is 84.0. The Balaban J connectivity index is 0.000000103. The second-order valence-electron chi connectivity index (χ2n) is 41.2. The highest BCUT2D eigenvalue weighted by Crippen LogP contribution is 2.63. The summed E-state index contributed by atoms with van der Waals surface area (Å²) in [5.74, 6) is 1.16. The maximum absolute atomic E-state index is 6.82. The molecule has 1 fully saturated rings. The van der Waals surface area contributed by atoms with Gasteiger partial charge in [-0.15, -0.1) is 0 Å². The van der Waals surface area contributed by atoms with Crippen LogP contribution in [0.1, 0.15) is 183 Å². The van der Waals surface area contributed by atoms with Crippen LogP contribution < -0.4 is 18.3 Å². The standard InChI is InChI=1S/C35H38NO.C31H28NO.2C29H26NO/c1-21(2)18-35(19-22(3)4)28-11-9-8-10-25(28)26-15-17-30-32(33(26)35)27-14-13-24(6)31(34(27)37-30)29-16-12-23(5)20-36(29)7;1-19-10-14-25(32(3)18-19)27-20(2)11-12-23-28-26(33-30(23)27)15-13-22-21-8-4-5-9-24(21)31(29(22)28)16-6-7-17-31;1-17-10-14-23(30(5)16-17)25-18(2)11-12-21-26-24(31-28(21)25)15-13-20-19-8-6-7-9-22(19)29(3,4)27(20)26;1-17-10-14-23(30(5)16-17)25-18(2)11-12-20-27-24(31-28(20)25)15-13-22-26(27)19-8-6-7-9-21(19)29(22,3)4/h8-17,20-22H,18-19H2,1-7H3;4-5,8-15,18H,6-7,16-17H2,1-3H3;2*6-16H,1-5H3/q4*+1. The van der Waals surface area contributed by atoms with Crippen LogP contribution in [0.5, 0.6) is 0 Å². The molecule has 25 rings (SSSR count). The molecule has 0 radical (unpaired) electrons. The molecule has 132 heavy (non-hydrogen) atoms. The van der Waals surface area contributed by atoms with E-state index in [1.807, 2.05) is 0 Å². The van der Waals surface area contributed by atoms with Gasteiger partial charge in [0.2, 0.25) is 22.8 Å². The molecule has 654 valence electrons. The van der Waals surface area contributed by atoms with Gasteiger partial charge in [-0.3, -0.25) is 0 Å². The Hall–Kier alpha value is -13.6. The van der Waals surface area contributed by atoms with Crippen molar-refractivity contribution in [3.8, 4) is 89.5 Å². The average Bonchev–Trinajstić information content (AvgIpc) is 1.51. The number of aryl methyl sites for hydroxylation is 12. The van der Waals surface area contributed by atoms with Crippen molar-refractivity contribution in [2.45, 2.75) is 171 Å². The molecule has 0 N–H and O–H groups in total. The number of nitrogens with zero attached hydrogens (tertiary/aromatic N) is 4. The van der Waals surface area contributed by atoms with Crippen molar-refractivity contribution in [3.63, 3.8) is 0 Å². The molecule has 5 aliphatic rings. The van der Waals surface area contributed by atoms with E-state index in [4.69, 9.17) is 17.7 Å². The Kier molecular flexibility index (Phi) is 19.8. The quantitative estimate of drug-likeness (QED) is 0.142. The molecule has 8 heterocycles. The van der Waals surface area contributed by atoms with Crippen LogP contribution in [-0.4, -0.2) is 0 Å². The summed E-state index contributed by atoms with van der Waals surface area (Å²) in [6.07, 6.45) is 16.1. The first-order valence-corrected chi connectivity index (χ1v) is 47.8. The molecule has 5 aliphatic carbocycles. The van der Waals surface area contributed by atoms with E-state index < -0.39 is 0 Å². The van der Waals surface area contributed by atoms with E-state index in [2.05, 4.69) is 425 Å². The van der Waals surface area contributed by atoms with E-state index in [0.717, 1.165) is 57.5 Å². The molecule has 12 aromatic carbocycles. The lowest BCUT2D eigenvalue weighted by molar-refractivity contribution is -0.660. The van der Waals surface area contributed by atoms with Gasteiger partial charge in [-0.2, -0.15) is 0 Å². The van der Waals surface area contributed by atoms with Gasteiger partial charge in [0, 0.05) is 111 Å². The number of furan rings is 4. The van der Waals surface area contributed by atoms with Gasteiger partial charge in [0.1, 0.15) is 72.9 Å². The highest BCUT2D eigenvalue weighted by Gasteiger charge is 2.49. The third-order valence-corrected chi connectivity index (χ3v) is 30.7. The first-order chi connectivity index (χ1) is 63.5. The van der Waals surface area contributed by atoms with Gasteiger partial charge in [0.25, 0.3) is 0 Å². The lowest BCUT2D eigenvalue weighted by atomic mass is 9.67. The van der Waals surface area contributed by atoms with Gasteiger partial charge in [0.15, 0.2) is 24.8 Å². The normalized spacial score (nSPS) is 14.7. The summed E-state index contributed by atoms with van der Waals surface area (Å²) >= 11 is 0. The SMILES string of the molecule is Cc1ccc(-c2c(C)ccc3c2oc2ccc4c(c23)-c2ccccc2C4(C)C)[n+](C)c1.Cc1ccc(-c2c(C)ccc3c2oc2ccc4c(c23)C(C)(C)c2ccccc2-4)[n+](C)c1.Cc1ccc(-c2c(C)ccc3c2oc2ccc4c(c23)C(CC(C)C)(CC(C)C)c2ccccc2-4)[n+](C)c1.Cc1ccc(-c2c(C)ccc3c2oc2ccc4c(c23)C2(CCCC2)c2ccccc2-4)[n+](C)c1. The van der Waals surface area contributed by atoms with Crippen LogP contribution in [0.15, 0.2) is 285 Å². The lowest BCUT2D eigenvalue weighted by Gasteiger charge is -2.36. The second-order valence-corrected chi connectivity index (χ2v) is 41.2. The maximum atomic E-state index is 6.82. The Morgan fingerprint density at radius 2 is 0.583 bits per heavy atom. The van der Waals surface area contributed by atoms with E-state index in [1.54, 1.807) is 0 Å². The van der Waals surface area contributed by atoms with Gasteiger partial charge in [-0.05, 0) is 253 Å². The van der Waals surface area contributed by atoms with Crippen molar-refractivity contribution in [3.05, 3.63) is 356 Å². The Bertz CT molecular complexity index is 8250. The van der Waals surface area contributed by atoms with Crippen molar-refractivity contribution in [2.24, 2.45) is 40.0 Å². The average molecular weight is 1730 g/mol. The van der Waals surface area contributed by atoms with Gasteiger partial charge in [0.05, 0.1) is 22.3 Å². The molecule has 1 spiro atoms. The molecule has 1 saturated carbocycles. The number of hydrogen-bond acceptors (Lipinski definition) is 4. The zero-order chi connectivity index (χ0) is 91.4. The number of rotatable bonds is 8. The van der Waals surface area contributed by atoms with Crippen LogP contribution in [0.2, 0.25) is 0 Å². The molecule has 0 atom stereocenters. The van der Waals surface area contributed by atoms with Gasteiger partial charge in [-0.25, -0.2) is 18.3 Å². The summed E-state index contributed by atoms with van der Waals surface area (Å²) in [6.45, 7) is 36.1. The van der Waals surface area contributed by atoms with Crippen molar-refractivity contribution in [2.75, 3.05) is 0 Å². The summed E-state index contributed by atoms with van der Waals surface area (Å²) < 4.78 is 35.6. The second kappa shape index (κ2) is 31.1. The number of pyridine rings is 4. The van der Waals surface area contributed by atoms with E-state index in [9.17, 15) is 0 Å². The highest BCUT2D eigenvalue weighted by molar-refractivity contribution is 6.20. The van der Waals surface area contributed by atoms with Crippen molar-refractivity contribution in [1.29, 1.82) is 0 Å². The number of benzene rings is 12. The number of aromatic nitrogens is 4. The van der Waals surface area contributed by atoms with Gasteiger partial charge in [-0.1, -0.05) is 238 Å². The molecule has 8 aromatic heterocycles. The van der Waals surface area contributed by atoms with Gasteiger partial charge < -0.3 is 17.7 Å². The highest BCUT2D eigenvalue weighted by atomic mass is 16.3. The van der Waals surface area contributed by atoms with Crippen LogP contribution in [0, 0.1) is 67.2 Å². The predicted octanol–water partition coefficient (Wildman–Crippen LogP) is 30.6. The first-order valence-electron chi connectivity index (χ1n) is 47.8. The summed E-state index contributed by atoms with van der Waals surface area (Å²) in [5, 5.41) is 10.0. The third kappa shape index (κ3) is 12.7. The summed E-state index contributed by atoms with van der Waals surface area (Å²) in [6, 6.07) is 89.4. The topological polar surface area (TPSA) is 68.1 Å². The van der Waals surface area contributed by atoms with Crippen LogP contribution in [0.4, 0.5) is 0 Å². The van der Waals surface area contributed by atoms with E-state index >= 15 is 0 Å². The van der Waals surface area contributed by atoms with Crippen LogP contribution in [0.25, 0.3) is 177 Å². The Morgan fingerprint density at radius 3 is 0.985 bits per heavy atom. The molecule has 8 nitrogen and oxygen atoms in total. The van der Waals surface area contributed by atoms with Crippen molar-refractivity contribution in [1.82, 2.24) is 0 Å². The van der Waals surface area contributed by atoms with Crippen molar-refractivity contribution >= 4 is 87.8 Å². The molecule has 0 bridgehead atoms. The fraction of sp³-hybridized carbons (Fsp3) is 0.258. The van der Waals surface area contributed by atoms with Crippen LogP contribution >= 0.6 is 0 Å². The monoisotopic (exact) mass is 1730 g/mol. The minimum atomic E-state index is -0.0676. The molecule has 0 saturated heterocycles. The van der Waals surface area contributed by atoms with E-state index in [-0.39, 0.29) is 21.7 Å². The summed E-state index contributed by atoms with van der Waals surface area (Å²) in [5.41, 5.74) is 49.9. The summed E-state index contributed by atoms with van der Waals surface area (Å²) in [7, 11) is 8.49. The van der Waals surface area contributed by atoms with Gasteiger partial charge >= 0.3 is 0 Å². The van der Waals surface area contributed by atoms with E-state index in [0.29, 0.717) is 11.8 Å². The van der Waals surface area contributed by atoms with E-state index in [1.165, 1.54) is 247 Å². The molecule has 20 aromatic rings. The van der Waals surface area contributed by atoms with Crippen LogP contribution in [-0.2, 0) is 49.9 Å². The predicted molar refractivity (Wildman–Crippen MR) is 544 cm³/mol. The smallest absolute Gasteiger partial charge is 0.216 e. The van der Waals surface area contributed by atoms with Crippen molar-refractivity contribution < 1.29 is 35.9 Å².